The Hall–Kier alpha value is -0.160. The van der Waals surface area contributed by atoms with Gasteiger partial charge in [-0.25, -0.2) is 4.39 Å². The first-order chi connectivity index (χ1) is 7.49. The van der Waals surface area contributed by atoms with Crippen molar-refractivity contribution in [2.45, 2.75) is 25.8 Å². The van der Waals surface area contributed by atoms with Gasteiger partial charge in [0.15, 0.2) is 0 Å². The van der Waals surface area contributed by atoms with Crippen molar-refractivity contribution < 1.29 is 4.39 Å². The van der Waals surface area contributed by atoms with Crippen molar-refractivity contribution in [3.63, 3.8) is 0 Å². The first-order valence-electron chi connectivity index (χ1n) is 5.09. The summed E-state index contributed by atoms with van der Waals surface area (Å²) in [7, 11) is 0. The van der Waals surface area contributed by atoms with E-state index >= 15 is 0 Å². The standard InChI is InChI=1S/C11H13BrClFN2/c1-11(4-5-11)10(16-15)6-2-3-7(12)8(13)9(6)14/h2-3,10,16H,4-5,15H2,1H3. The molecule has 0 aliphatic heterocycles. The van der Waals surface area contributed by atoms with Crippen LogP contribution in [-0.4, -0.2) is 0 Å². The third-order valence-corrected chi connectivity index (χ3v) is 4.54. The van der Waals surface area contributed by atoms with E-state index in [1.807, 2.05) is 0 Å². The lowest BCUT2D eigenvalue weighted by Gasteiger charge is -2.24. The second-order valence-corrected chi connectivity index (χ2v) is 5.75. The molecule has 0 radical (unpaired) electrons. The molecule has 0 bridgehead atoms. The SMILES string of the molecule is CC1(C(NN)c2ccc(Br)c(Cl)c2F)CC1. The van der Waals surface area contributed by atoms with Crippen molar-refractivity contribution in [3.8, 4) is 0 Å². The lowest BCUT2D eigenvalue weighted by atomic mass is 9.92. The van der Waals surface area contributed by atoms with Gasteiger partial charge in [0, 0.05) is 10.0 Å². The molecule has 3 N–H and O–H groups in total. The lowest BCUT2D eigenvalue weighted by molar-refractivity contribution is 0.360. The van der Waals surface area contributed by atoms with Gasteiger partial charge in [-0.05, 0) is 40.3 Å². The largest absolute Gasteiger partial charge is 0.271 e. The van der Waals surface area contributed by atoms with Gasteiger partial charge in [0.25, 0.3) is 0 Å². The van der Waals surface area contributed by atoms with Crippen molar-refractivity contribution in [2.24, 2.45) is 11.3 Å². The smallest absolute Gasteiger partial charge is 0.147 e. The van der Waals surface area contributed by atoms with Gasteiger partial charge in [0.2, 0.25) is 0 Å². The third kappa shape index (κ3) is 1.99. The molecule has 0 aromatic heterocycles. The normalized spacial score (nSPS) is 19.6. The number of benzene rings is 1. The van der Waals surface area contributed by atoms with Crippen molar-refractivity contribution >= 4 is 27.5 Å². The Morgan fingerprint density at radius 2 is 2.19 bits per heavy atom. The van der Waals surface area contributed by atoms with Crippen LogP contribution >= 0.6 is 27.5 Å². The molecule has 1 aromatic rings. The molecule has 0 saturated heterocycles. The minimum atomic E-state index is -0.396. The van der Waals surface area contributed by atoms with E-state index in [0.29, 0.717) is 10.0 Å². The van der Waals surface area contributed by atoms with Gasteiger partial charge in [0.05, 0.1) is 11.1 Å². The minimum Gasteiger partial charge on any atom is -0.271 e. The number of rotatable bonds is 3. The summed E-state index contributed by atoms with van der Waals surface area (Å²) in [5, 5.41) is 0.113. The number of halogens is 3. The number of nitrogens with two attached hydrogens (primary N) is 1. The molecule has 0 heterocycles. The highest BCUT2D eigenvalue weighted by Crippen LogP contribution is 2.54. The Bertz CT molecular complexity index is 421. The molecule has 16 heavy (non-hydrogen) atoms. The van der Waals surface area contributed by atoms with Crippen LogP contribution in [0.4, 0.5) is 4.39 Å². The average molecular weight is 308 g/mol. The van der Waals surface area contributed by atoms with E-state index in [4.69, 9.17) is 17.4 Å². The fourth-order valence-electron chi connectivity index (χ4n) is 1.92. The monoisotopic (exact) mass is 306 g/mol. The molecule has 1 aliphatic rings. The summed E-state index contributed by atoms with van der Waals surface area (Å²) >= 11 is 9.06. The topological polar surface area (TPSA) is 38.0 Å². The average Bonchev–Trinajstić information content (AvgIpc) is 2.98. The van der Waals surface area contributed by atoms with Gasteiger partial charge >= 0.3 is 0 Å². The maximum Gasteiger partial charge on any atom is 0.147 e. The molecule has 1 atom stereocenters. The first-order valence-corrected chi connectivity index (χ1v) is 6.26. The van der Waals surface area contributed by atoms with Crippen LogP contribution in [-0.2, 0) is 0 Å². The summed E-state index contributed by atoms with van der Waals surface area (Å²) < 4.78 is 14.6. The second-order valence-electron chi connectivity index (χ2n) is 4.52. The van der Waals surface area contributed by atoms with Crippen LogP contribution in [0, 0.1) is 11.2 Å². The summed E-state index contributed by atoms with van der Waals surface area (Å²) in [6.07, 6.45) is 2.10. The Kier molecular flexibility index (Phi) is 3.27. The fraction of sp³-hybridized carbons (Fsp3) is 0.455. The summed E-state index contributed by atoms with van der Waals surface area (Å²) in [6, 6.07) is 3.29. The second kappa shape index (κ2) is 4.26. The summed E-state index contributed by atoms with van der Waals surface area (Å²) in [5.41, 5.74) is 3.28. The molecule has 2 rings (SSSR count). The summed E-state index contributed by atoms with van der Waals surface area (Å²) in [6.45, 7) is 2.09. The molecule has 0 spiro atoms. The Morgan fingerprint density at radius 1 is 1.56 bits per heavy atom. The number of hydrogen-bond acceptors (Lipinski definition) is 2. The Labute approximate surface area is 107 Å². The first kappa shape index (κ1) is 12.3. The highest BCUT2D eigenvalue weighted by molar-refractivity contribution is 9.10. The van der Waals surface area contributed by atoms with Crippen molar-refractivity contribution in [2.75, 3.05) is 0 Å². The fourth-order valence-corrected chi connectivity index (χ4v) is 2.39. The highest BCUT2D eigenvalue weighted by atomic mass is 79.9. The molecule has 1 fully saturated rings. The quantitative estimate of drug-likeness (QED) is 0.509. The number of hydrazine groups is 1. The van der Waals surface area contributed by atoms with Gasteiger partial charge in [-0.15, -0.1) is 0 Å². The number of hydrogen-bond donors (Lipinski definition) is 2. The molecule has 2 nitrogen and oxygen atoms in total. The Balaban J connectivity index is 2.43. The van der Waals surface area contributed by atoms with Crippen molar-refractivity contribution in [1.82, 2.24) is 5.43 Å². The maximum absolute atomic E-state index is 14.0. The zero-order valence-electron chi connectivity index (χ0n) is 8.86. The van der Waals surface area contributed by atoms with Crippen LogP contribution < -0.4 is 11.3 Å². The molecular weight excluding hydrogens is 294 g/mol. The van der Waals surface area contributed by atoms with E-state index in [-0.39, 0.29) is 16.5 Å². The van der Waals surface area contributed by atoms with Crippen molar-refractivity contribution in [1.29, 1.82) is 0 Å². The van der Waals surface area contributed by atoms with E-state index in [2.05, 4.69) is 28.3 Å². The predicted octanol–water partition coefficient (Wildman–Crippen LogP) is 3.55. The van der Waals surface area contributed by atoms with E-state index in [1.165, 1.54) is 0 Å². The molecule has 1 aromatic carbocycles. The minimum absolute atomic E-state index is 0.0484. The van der Waals surface area contributed by atoms with Crippen LogP contribution in [0.3, 0.4) is 0 Å². The lowest BCUT2D eigenvalue weighted by Crippen LogP contribution is -2.34. The Morgan fingerprint density at radius 3 is 2.69 bits per heavy atom. The van der Waals surface area contributed by atoms with Gasteiger partial charge in [0.1, 0.15) is 5.82 Å². The van der Waals surface area contributed by atoms with E-state index in [0.717, 1.165) is 12.8 Å². The van der Waals surface area contributed by atoms with Gasteiger partial charge in [-0.3, -0.25) is 11.3 Å². The van der Waals surface area contributed by atoms with Gasteiger partial charge in [-0.1, -0.05) is 24.6 Å². The van der Waals surface area contributed by atoms with Crippen molar-refractivity contribution in [3.05, 3.63) is 33.0 Å². The third-order valence-electron chi connectivity index (χ3n) is 3.28. The zero-order valence-corrected chi connectivity index (χ0v) is 11.2. The maximum atomic E-state index is 14.0. The molecular formula is C11H13BrClFN2. The molecule has 1 aliphatic carbocycles. The number of nitrogens with one attached hydrogen (secondary N) is 1. The molecule has 0 amide bonds. The summed E-state index contributed by atoms with van der Waals surface area (Å²) in [4.78, 5) is 0. The van der Waals surface area contributed by atoms with E-state index < -0.39 is 5.82 Å². The van der Waals surface area contributed by atoms with E-state index in [9.17, 15) is 4.39 Å². The van der Waals surface area contributed by atoms with Gasteiger partial charge in [-0.2, -0.15) is 0 Å². The summed E-state index contributed by atoms with van der Waals surface area (Å²) in [5.74, 6) is 5.12. The molecule has 1 saturated carbocycles. The van der Waals surface area contributed by atoms with E-state index in [1.54, 1.807) is 12.1 Å². The predicted molar refractivity (Wildman–Crippen MR) is 66.5 cm³/mol. The van der Waals surface area contributed by atoms with Gasteiger partial charge < -0.3 is 0 Å². The van der Waals surface area contributed by atoms with Crippen LogP contribution in [0.5, 0.6) is 0 Å². The van der Waals surface area contributed by atoms with Crippen LogP contribution in [0.25, 0.3) is 0 Å². The molecule has 5 heteroatoms. The van der Waals surface area contributed by atoms with Crippen LogP contribution in [0.2, 0.25) is 5.02 Å². The molecule has 1 unspecified atom stereocenters. The van der Waals surface area contributed by atoms with Crippen LogP contribution in [0.15, 0.2) is 16.6 Å². The zero-order chi connectivity index (χ0) is 11.9. The van der Waals surface area contributed by atoms with Crippen LogP contribution in [0.1, 0.15) is 31.4 Å². The molecule has 88 valence electrons. The highest BCUT2D eigenvalue weighted by Gasteiger charge is 2.46.